The van der Waals surface area contributed by atoms with Crippen LogP contribution in [0.5, 0.6) is 0 Å². The molecule has 0 fully saturated rings. The summed E-state index contributed by atoms with van der Waals surface area (Å²) in [6.07, 6.45) is 4.24. The molecule has 0 aromatic heterocycles. The van der Waals surface area contributed by atoms with Gasteiger partial charge in [0.05, 0.1) is 5.69 Å². The number of nitrogens with two attached hydrogens (primary N) is 1. The minimum atomic E-state index is -2.42. The van der Waals surface area contributed by atoms with Crippen molar-refractivity contribution in [3.8, 4) is 0 Å². The summed E-state index contributed by atoms with van der Waals surface area (Å²) in [5.74, 6) is -0.410. The summed E-state index contributed by atoms with van der Waals surface area (Å²) in [5, 5.41) is 4.03. The molecule has 0 aliphatic heterocycles. The summed E-state index contributed by atoms with van der Waals surface area (Å²) in [6, 6.07) is 11.8. The molecule has 0 radical (unpaired) electrons. The van der Waals surface area contributed by atoms with Crippen LogP contribution in [0.15, 0.2) is 52.5 Å². The summed E-state index contributed by atoms with van der Waals surface area (Å²) in [4.78, 5) is 12.5. The first kappa shape index (κ1) is 22.3. The molecule has 0 bridgehead atoms. The fourth-order valence-corrected chi connectivity index (χ4v) is 2.62. The van der Waals surface area contributed by atoms with Crippen LogP contribution >= 0.6 is 0 Å². The Bertz CT molecular complexity index is 870. The van der Waals surface area contributed by atoms with E-state index < -0.39 is 16.9 Å². The van der Waals surface area contributed by atoms with Crippen molar-refractivity contribution in [2.45, 2.75) is 4.90 Å². The van der Waals surface area contributed by atoms with E-state index in [9.17, 15) is 13.6 Å². The Morgan fingerprint density at radius 3 is 2.48 bits per heavy atom. The van der Waals surface area contributed by atoms with Crippen molar-refractivity contribution < 1.29 is 72.7 Å². The number of nitrogen functional groups attached to an aromatic ring is 1. The number of anilines is 2. The first-order valence-electron chi connectivity index (χ1n) is 6.62. The van der Waals surface area contributed by atoms with Gasteiger partial charge in [0.25, 0.3) is 0 Å². The van der Waals surface area contributed by atoms with E-state index in [4.69, 9.17) is 5.73 Å². The number of hydrogen-bond donors (Lipinski definition) is 2. The van der Waals surface area contributed by atoms with E-state index in [1.807, 2.05) is 18.2 Å². The van der Waals surface area contributed by atoms with E-state index in [0.29, 0.717) is 5.56 Å². The van der Waals surface area contributed by atoms with Crippen LogP contribution in [-0.2, 0) is 11.1 Å². The van der Waals surface area contributed by atoms with Crippen LogP contribution in [0.1, 0.15) is 15.9 Å². The van der Waals surface area contributed by atoms with Crippen molar-refractivity contribution in [3.63, 3.8) is 0 Å². The molecular formula is C16H11N3Na2O3S. The van der Waals surface area contributed by atoms with Crippen molar-refractivity contribution in [3.05, 3.63) is 59.7 Å². The number of fused-ring (bicyclic) bond motifs is 1. The van der Waals surface area contributed by atoms with Gasteiger partial charge in [-0.15, -0.1) is 5.56 Å². The number of nitrogens with zero attached hydrogens (tertiary/aromatic N) is 1. The molecule has 1 aliphatic rings. The maximum absolute atomic E-state index is 12.5. The van der Waals surface area contributed by atoms with Gasteiger partial charge in [0, 0.05) is 16.3 Å². The fourth-order valence-electron chi connectivity index (χ4n) is 2.18. The van der Waals surface area contributed by atoms with Crippen LogP contribution in [0.4, 0.5) is 11.4 Å². The zero-order chi connectivity index (χ0) is 16.4. The Balaban J connectivity index is 0.00000156. The van der Waals surface area contributed by atoms with Crippen molar-refractivity contribution in [2.75, 3.05) is 11.2 Å². The van der Waals surface area contributed by atoms with Gasteiger partial charge in [-0.1, -0.05) is 29.8 Å². The number of nitrogens with one attached hydrogen (secondary N) is 1. The largest absolute Gasteiger partial charge is 1.00 e. The Morgan fingerprint density at radius 1 is 1.16 bits per heavy atom. The topological polar surface area (TPSA) is 108 Å². The molecule has 116 valence electrons. The van der Waals surface area contributed by atoms with Gasteiger partial charge in [-0.05, 0) is 29.3 Å². The van der Waals surface area contributed by atoms with E-state index in [1.54, 1.807) is 12.1 Å². The number of carbonyl (C=O) groups excluding carboxylic acids is 1. The average molecular weight is 371 g/mol. The average Bonchev–Trinajstić information content (AvgIpc) is 2.54. The summed E-state index contributed by atoms with van der Waals surface area (Å²) in [7, 11) is 0. The van der Waals surface area contributed by atoms with Crippen LogP contribution in [0.25, 0.3) is 6.08 Å². The number of allylic oxidation sites excluding steroid dienone is 1. The maximum atomic E-state index is 12.5. The molecule has 6 nitrogen and oxygen atoms in total. The third kappa shape index (κ3) is 5.12. The second kappa shape index (κ2) is 9.80. The van der Waals surface area contributed by atoms with Crippen molar-refractivity contribution in [2.24, 2.45) is 5.10 Å². The second-order valence-electron chi connectivity index (χ2n) is 4.77. The van der Waals surface area contributed by atoms with Crippen molar-refractivity contribution >= 4 is 40.0 Å². The molecule has 3 rings (SSSR count). The number of hydrazone groups is 1. The summed E-state index contributed by atoms with van der Waals surface area (Å²) >= 11 is -2.42. The monoisotopic (exact) mass is 371 g/mol. The van der Waals surface area contributed by atoms with Crippen LogP contribution < -0.4 is 70.3 Å². The van der Waals surface area contributed by atoms with Gasteiger partial charge in [0.1, 0.15) is 5.78 Å². The molecule has 0 saturated carbocycles. The van der Waals surface area contributed by atoms with Gasteiger partial charge in [-0.3, -0.25) is 9.63 Å². The second-order valence-corrected chi connectivity index (χ2v) is 5.71. The molecule has 0 spiro atoms. The quantitative estimate of drug-likeness (QED) is 0.188. The molecule has 1 unspecified atom stereocenters. The Hall–Kier alpha value is -0.770. The number of Topliss-reactive ketones (excluding diaryl/α,β-unsaturated/α-hetero) is 1. The summed E-state index contributed by atoms with van der Waals surface area (Å²) < 4.78 is 22.1. The zero-order valence-corrected chi connectivity index (χ0v) is 18.6. The minimum Gasteiger partial charge on any atom is -0.768 e. The molecule has 0 amide bonds. The number of hydrogen-bond acceptors (Lipinski definition) is 6. The number of para-hydroxylation sites is 1. The SMILES string of the molecule is Nc1cc(S(=O)[O-])cc2c1C(=O)/C(=N\Nc1ccccc1)[C-]=C2.[Na+].[Na+]. The van der Waals surface area contributed by atoms with Crippen LogP contribution in [0, 0.1) is 6.08 Å². The van der Waals surface area contributed by atoms with Gasteiger partial charge in [0.15, 0.2) is 0 Å². The molecule has 9 heteroatoms. The van der Waals surface area contributed by atoms with Gasteiger partial charge in [0.2, 0.25) is 0 Å². The predicted octanol–water partition coefficient (Wildman–Crippen LogP) is -4.00. The molecule has 0 saturated heterocycles. The smallest absolute Gasteiger partial charge is 0.768 e. The van der Waals surface area contributed by atoms with Crippen molar-refractivity contribution in [1.29, 1.82) is 0 Å². The fraction of sp³-hybridized carbons (Fsp3) is 0. The van der Waals surface area contributed by atoms with Gasteiger partial charge >= 0.3 is 59.1 Å². The summed E-state index contributed by atoms with van der Waals surface area (Å²) in [5.41, 5.74) is 10.1. The van der Waals surface area contributed by atoms with E-state index in [-0.39, 0.29) is 81.0 Å². The normalized spacial score (nSPS) is 14.9. The number of ketones is 1. The van der Waals surface area contributed by atoms with Gasteiger partial charge in [-0.25, -0.2) is 0 Å². The van der Waals surface area contributed by atoms with Crippen LogP contribution in [0.3, 0.4) is 0 Å². The molecule has 3 N–H and O–H groups in total. The first-order chi connectivity index (χ1) is 11.1. The molecule has 2 aromatic rings. The molecule has 2 aromatic carbocycles. The third-order valence-corrected chi connectivity index (χ3v) is 3.86. The molecule has 1 aliphatic carbocycles. The van der Waals surface area contributed by atoms with Crippen molar-refractivity contribution in [1.82, 2.24) is 0 Å². The minimum absolute atomic E-state index is 0. The zero-order valence-electron chi connectivity index (χ0n) is 13.8. The summed E-state index contributed by atoms with van der Waals surface area (Å²) in [6.45, 7) is 0. The predicted molar refractivity (Wildman–Crippen MR) is 87.6 cm³/mol. The number of benzene rings is 2. The first-order valence-corrected chi connectivity index (χ1v) is 7.70. The Labute approximate surface area is 191 Å². The number of rotatable bonds is 3. The molecule has 25 heavy (non-hydrogen) atoms. The van der Waals surface area contributed by atoms with Crippen LogP contribution in [-0.4, -0.2) is 20.3 Å². The molecular weight excluding hydrogens is 360 g/mol. The van der Waals surface area contributed by atoms with Crippen LogP contribution in [0.2, 0.25) is 0 Å². The van der Waals surface area contributed by atoms with Gasteiger partial charge in [-0.2, -0.15) is 17.3 Å². The Kier molecular flexibility index (Phi) is 8.73. The number of carbonyl (C=O) groups is 1. The third-order valence-electron chi connectivity index (χ3n) is 3.24. The van der Waals surface area contributed by atoms with E-state index in [2.05, 4.69) is 16.6 Å². The Morgan fingerprint density at radius 2 is 1.84 bits per heavy atom. The van der Waals surface area contributed by atoms with E-state index >= 15 is 0 Å². The standard InChI is InChI=1S/C16H12N3O3S.2Na/c17-13-9-12(23(21)22)8-10-6-7-14(16(20)15(10)13)19-18-11-4-2-1-3-5-11;;/h1-6,8-9,18H,17H2,(H,21,22);;/q-1;2*+1/p-1/b19-14-;;. The maximum Gasteiger partial charge on any atom is 1.00 e. The molecule has 1 atom stereocenters. The molecule has 0 heterocycles. The van der Waals surface area contributed by atoms with Gasteiger partial charge < -0.3 is 15.1 Å². The van der Waals surface area contributed by atoms with E-state index in [1.165, 1.54) is 18.2 Å². The van der Waals surface area contributed by atoms with E-state index in [0.717, 1.165) is 5.69 Å².